The van der Waals surface area contributed by atoms with Crippen LogP contribution < -0.4 is 10.2 Å². The summed E-state index contributed by atoms with van der Waals surface area (Å²) in [6.07, 6.45) is -13.9. The summed E-state index contributed by atoms with van der Waals surface area (Å²) in [5, 5.41) is 80.5. The molecule has 2 saturated heterocycles. The average molecular weight is 564 g/mol. The summed E-state index contributed by atoms with van der Waals surface area (Å²) in [6, 6.07) is 9.39. The first-order valence-electron chi connectivity index (χ1n) is 12.3. The topological polar surface area (TPSA) is 229 Å². The maximum Gasteiger partial charge on any atom is 0.229 e. The molecule has 14 heteroatoms. The van der Waals surface area contributed by atoms with Gasteiger partial charge in [0.1, 0.15) is 76.7 Å². The molecule has 5 rings (SSSR count). The zero-order valence-corrected chi connectivity index (χ0v) is 20.7. The van der Waals surface area contributed by atoms with Gasteiger partial charge in [-0.3, -0.25) is 4.79 Å². The van der Waals surface area contributed by atoms with Crippen LogP contribution in [0.1, 0.15) is 0 Å². The number of aliphatic hydroxyl groups is 6. The lowest BCUT2D eigenvalue weighted by molar-refractivity contribution is -0.307. The van der Waals surface area contributed by atoms with Gasteiger partial charge in [-0.1, -0.05) is 0 Å². The molecule has 1 aromatic heterocycles. The summed E-state index contributed by atoms with van der Waals surface area (Å²) in [6.45, 7) is -0.802. The quantitative estimate of drug-likeness (QED) is 0.171. The number of benzene rings is 2. The first-order valence-corrected chi connectivity index (χ1v) is 12.3. The highest BCUT2D eigenvalue weighted by atomic mass is 16.7. The predicted octanol–water partition coefficient (Wildman–Crippen LogP) is -1.49. The molecule has 3 heterocycles. The van der Waals surface area contributed by atoms with Crippen LogP contribution in [0, 0.1) is 0 Å². The SMILES string of the molecule is O=c1cc(-c2ccc(O)cc2)oc2cc(O[C@@H]3OC(CO[C@@H]4OC[C@@H](O)[C@H](O)C4O)[C@@H](O)[C@H](O)C3O)cc(O)c12. The molecule has 0 amide bonds. The van der Waals surface area contributed by atoms with Crippen molar-refractivity contribution in [1.29, 1.82) is 0 Å². The van der Waals surface area contributed by atoms with Crippen molar-refractivity contribution in [3.63, 3.8) is 0 Å². The fraction of sp³-hybridized carbons (Fsp3) is 0.423. The number of phenolic OH excluding ortho intramolecular Hbond substituents is 2. The lowest BCUT2D eigenvalue weighted by Gasteiger charge is -2.41. The van der Waals surface area contributed by atoms with Crippen LogP contribution in [-0.2, 0) is 14.2 Å². The Bertz CT molecular complexity index is 1390. The van der Waals surface area contributed by atoms with E-state index in [9.17, 15) is 45.6 Å². The number of hydrogen-bond acceptors (Lipinski definition) is 14. The molecular weight excluding hydrogens is 536 g/mol. The minimum absolute atomic E-state index is 0.0149. The molecule has 0 saturated carbocycles. The van der Waals surface area contributed by atoms with Crippen LogP contribution in [0.25, 0.3) is 22.3 Å². The van der Waals surface area contributed by atoms with Gasteiger partial charge in [-0.25, -0.2) is 0 Å². The molecule has 0 aliphatic carbocycles. The molecule has 8 N–H and O–H groups in total. The predicted molar refractivity (Wildman–Crippen MR) is 132 cm³/mol. The summed E-state index contributed by atoms with van der Waals surface area (Å²) in [5.74, 6) is -0.454. The minimum Gasteiger partial charge on any atom is -0.508 e. The Labute approximate surface area is 225 Å². The third-order valence-electron chi connectivity index (χ3n) is 6.73. The van der Waals surface area contributed by atoms with Crippen LogP contribution in [0.2, 0.25) is 0 Å². The molecule has 2 fully saturated rings. The molecule has 3 unspecified atom stereocenters. The van der Waals surface area contributed by atoms with Crippen molar-refractivity contribution in [3.8, 4) is 28.6 Å². The van der Waals surface area contributed by atoms with Gasteiger partial charge in [0.05, 0.1) is 13.2 Å². The third kappa shape index (κ3) is 5.49. The number of rotatable bonds is 6. The molecule has 2 aromatic carbocycles. The van der Waals surface area contributed by atoms with E-state index in [4.69, 9.17) is 23.4 Å². The Hall–Kier alpha value is -3.31. The molecule has 0 radical (unpaired) electrons. The van der Waals surface area contributed by atoms with Crippen molar-refractivity contribution in [1.82, 2.24) is 0 Å². The highest BCUT2D eigenvalue weighted by Gasteiger charge is 2.46. The molecule has 0 bridgehead atoms. The second kappa shape index (κ2) is 11.3. The van der Waals surface area contributed by atoms with Crippen LogP contribution in [0.4, 0.5) is 0 Å². The van der Waals surface area contributed by atoms with E-state index in [0.29, 0.717) is 5.56 Å². The lowest BCUT2D eigenvalue weighted by Crippen LogP contribution is -2.61. The van der Waals surface area contributed by atoms with Crippen LogP contribution in [0.5, 0.6) is 17.2 Å². The van der Waals surface area contributed by atoms with Crippen LogP contribution in [0.3, 0.4) is 0 Å². The van der Waals surface area contributed by atoms with E-state index >= 15 is 0 Å². The highest BCUT2D eigenvalue weighted by Crippen LogP contribution is 2.33. The Balaban J connectivity index is 1.35. The monoisotopic (exact) mass is 564 g/mol. The summed E-state index contributed by atoms with van der Waals surface area (Å²) in [5.41, 5.74) is -0.147. The second-order valence-electron chi connectivity index (χ2n) is 9.55. The fourth-order valence-electron chi connectivity index (χ4n) is 4.48. The number of fused-ring (bicyclic) bond motifs is 1. The minimum atomic E-state index is -1.76. The maximum atomic E-state index is 12.7. The van der Waals surface area contributed by atoms with Crippen molar-refractivity contribution in [2.75, 3.05) is 13.2 Å². The third-order valence-corrected chi connectivity index (χ3v) is 6.73. The van der Waals surface area contributed by atoms with Gasteiger partial charge < -0.3 is 64.2 Å². The van der Waals surface area contributed by atoms with Gasteiger partial charge in [0.15, 0.2) is 11.7 Å². The zero-order valence-electron chi connectivity index (χ0n) is 20.7. The number of phenols is 2. The molecule has 216 valence electrons. The molecule has 0 spiro atoms. The van der Waals surface area contributed by atoms with Crippen molar-refractivity contribution in [2.24, 2.45) is 0 Å². The van der Waals surface area contributed by atoms with Gasteiger partial charge in [-0.2, -0.15) is 0 Å². The number of hydrogen-bond donors (Lipinski definition) is 8. The van der Waals surface area contributed by atoms with E-state index < -0.39 is 73.1 Å². The van der Waals surface area contributed by atoms with Gasteiger partial charge in [-0.05, 0) is 24.3 Å². The second-order valence-corrected chi connectivity index (χ2v) is 9.55. The molecule has 40 heavy (non-hydrogen) atoms. The van der Waals surface area contributed by atoms with Crippen LogP contribution in [-0.4, -0.2) is 109 Å². The first-order chi connectivity index (χ1) is 19.0. The number of ether oxygens (including phenoxy) is 4. The Kier molecular flexibility index (Phi) is 7.96. The largest absolute Gasteiger partial charge is 0.508 e. The van der Waals surface area contributed by atoms with Gasteiger partial charge in [0.25, 0.3) is 0 Å². The van der Waals surface area contributed by atoms with Gasteiger partial charge >= 0.3 is 0 Å². The molecule has 3 aromatic rings. The lowest BCUT2D eigenvalue weighted by atomic mass is 9.99. The van der Waals surface area contributed by atoms with Gasteiger partial charge in [0.2, 0.25) is 6.29 Å². The smallest absolute Gasteiger partial charge is 0.229 e. The van der Waals surface area contributed by atoms with E-state index in [0.717, 1.165) is 6.07 Å². The summed E-state index contributed by atoms with van der Waals surface area (Å²) < 4.78 is 27.5. The average Bonchev–Trinajstić information content (AvgIpc) is 2.92. The van der Waals surface area contributed by atoms with Crippen LogP contribution in [0.15, 0.2) is 51.7 Å². The number of aliphatic hydroxyl groups excluding tert-OH is 6. The summed E-state index contributed by atoms with van der Waals surface area (Å²) in [7, 11) is 0. The first kappa shape index (κ1) is 28.2. The van der Waals surface area contributed by atoms with Crippen molar-refractivity contribution in [3.05, 3.63) is 52.7 Å². The van der Waals surface area contributed by atoms with Crippen LogP contribution >= 0.6 is 0 Å². The summed E-state index contributed by atoms with van der Waals surface area (Å²) >= 11 is 0. The van der Waals surface area contributed by atoms with Crippen molar-refractivity contribution < 1.29 is 64.2 Å². The zero-order chi connectivity index (χ0) is 28.7. The molecule has 2 aliphatic rings. The Morgan fingerprint density at radius 3 is 2.25 bits per heavy atom. The van der Waals surface area contributed by atoms with Crippen molar-refractivity contribution in [2.45, 2.75) is 55.3 Å². The fourth-order valence-corrected chi connectivity index (χ4v) is 4.48. The van der Waals surface area contributed by atoms with E-state index in [1.165, 1.54) is 36.4 Å². The highest BCUT2D eigenvalue weighted by molar-refractivity contribution is 5.86. The van der Waals surface area contributed by atoms with Gasteiger partial charge in [-0.15, -0.1) is 0 Å². The van der Waals surface area contributed by atoms with Crippen molar-refractivity contribution >= 4 is 11.0 Å². The molecular formula is C26H28O14. The van der Waals surface area contributed by atoms with E-state index in [-0.39, 0.29) is 34.8 Å². The van der Waals surface area contributed by atoms with E-state index in [2.05, 4.69) is 0 Å². The standard InChI is InChI=1S/C26H28O14/c27-11-3-1-10(2-4-11)16-7-14(29)19-13(28)5-12(6-17(19)39-16)38-26-24(35)22(33)21(32)18(40-26)9-37-25-23(34)20(31)15(30)8-36-25/h1-7,15,18,20-28,30-35H,8-9H2/t15-,18?,20+,21-,22+,23?,24?,25+,26-/m1/s1. The number of aromatic hydroxyl groups is 2. The van der Waals surface area contributed by atoms with E-state index in [1.54, 1.807) is 0 Å². The summed E-state index contributed by atoms with van der Waals surface area (Å²) in [4.78, 5) is 12.7. The molecule has 2 aliphatic heterocycles. The maximum absolute atomic E-state index is 12.7. The van der Waals surface area contributed by atoms with E-state index in [1.807, 2.05) is 0 Å². The Morgan fingerprint density at radius 1 is 0.825 bits per heavy atom. The molecule has 9 atom stereocenters. The van der Waals surface area contributed by atoms with Gasteiger partial charge in [0, 0.05) is 23.8 Å². The Morgan fingerprint density at radius 2 is 1.52 bits per heavy atom. The molecule has 14 nitrogen and oxygen atoms in total. The normalized spacial score (nSPS) is 32.7.